The number of aromatic hydroxyl groups is 1. The van der Waals surface area contributed by atoms with Gasteiger partial charge >= 0.3 is 0 Å². The lowest BCUT2D eigenvalue weighted by molar-refractivity contribution is 0.214. The maximum atomic E-state index is 10.0. The van der Waals surface area contributed by atoms with Crippen LogP contribution in [0.3, 0.4) is 0 Å². The van der Waals surface area contributed by atoms with Crippen LogP contribution < -0.4 is 16.6 Å². The number of amidine groups is 1. The van der Waals surface area contributed by atoms with Gasteiger partial charge in [-0.15, -0.1) is 0 Å². The van der Waals surface area contributed by atoms with Gasteiger partial charge in [0.2, 0.25) is 0 Å². The molecule has 7 nitrogen and oxygen atoms in total. The molecule has 7 heteroatoms. The zero-order valence-electron chi connectivity index (χ0n) is 17.1. The van der Waals surface area contributed by atoms with Crippen molar-refractivity contribution < 1.29 is 5.11 Å². The van der Waals surface area contributed by atoms with E-state index < -0.39 is 0 Å². The number of anilines is 1. The Morgan fingerprint density at radius 1 is 1.10 bits per heavy atom. The standard InChI is InChI=1S/C22H32N6O/c1-2-3-12-28(24)22(25-23)21(18-8-7-11-20(29)17-18)27-15-13-26(14-16-27)19-9-5-4-6-10-19/h4-11,17,21,29H,2-3,12-16,23-24H2,1H3/b25-22-. The van der Waals surface area contributed by atoms with E-state index in [1.807, 2.05) is 18.2 Å². The second-order valence-corrected chi connectivity index (χ2v) is 7.39. The molecule has 1 aliphatic rings. The second-order valence-electron chi connectivity index (χ2n) is 7.39. The van der Waals surface area contributed by atoms with Crippen LogP contribution in [0.4, 0.5) is 5.69 Å². The number of nitrogens with zero attached hydrogens (tertiary/aromatic N) is 4. The first-order valence-corrected chi connectivity index (χ1v) is 10.3. The van der Waals surface area contributed by atoms with E-state index in [2.05, 4.69) is 46.1 Å². The van der Waals surface area contributed by atoms with Crippen LogP contribution in [0.15, 0.2) is 59.7 Å². The first kappa shape index (κ1) is 21.0. The minimum absolute atomic E-state index is 0.202. The average Bonchev–Trinajstić information content (AvgIpc) is 2.76. The van der Waals surface area contributed by atoms with Gasteiger partial charge in [0.05, 0.1) is 6.04 Å². The van der Waals surface area contributed by atoms with Gasteiger partial charge in [-0.2, -0.15) is 5.10 Å². The van der Waals surface area contributed by atoms with Crippen LogP contribution >= 0.6 is 0 Å². The summed E-state index contributed by atoms with van der Waals surface area (Å²) in [7, 11) is 0. The molecule has 1 atom stereocenters. The highest BCUT2D eigenvalue weighted by atomic mass is 16.3. The predicted octanol–water partition coefficient (Wildman–Crippen LogP) is 2.50. The first-order chi connectivity index (χ1) is 14.1. The Kier molecular flexibility index (Phi) is 7.32. The summed E-state index contributed by atoms with van der Waals surface area (Å²) in [5, 5.41) is 15.8. The van der Waals surface area contributed by atoms with E-state index in [0.29, 0.717) is 12.4 Å². The third kappa shape index (κ3) is 5.19. The zero-order chi connectivity index (χ0) is 20.6. The second kappa shape index (κ2) is 10.1. The number of hydrazone groups is 1. The SMILES string of the molecule is CCCCN(N)/C(=N\N)C(c1cccc(O)c1)N1CCN(c2ccccc2)CC1. The quantitative estimate of drug-likeness (QED) is 0.288. The molecule has 3 rings (SSSR count). The van der Waals surface area contributed by atoms with Crippen molar-refractivity contribution in [2.24, 2.45) is 16.8 Å². The third-order valence-electron chi connectivity index (χ3n) is 5.41. The van der Waals surface area contributed by atoms with Crippen LogP contribution in [0.5, 0.6) is 5.75 Å². The molecule has 0 saturated carbocycles. The molecule has 2 aromatic rings. The monoisotopic (exact) mass is 396 g/mol. The highest BCUT2D eigenvalue weighted by Crippen LogP contribution is 2.28. The number of para-hydroxylation sites is 1. The van der Waals surface area contributed by atoms with Gasteiger partial charge < -0.3 is 15.8 Å². The summed E-state index contributed by atoms with van der Waals surface area (Å²) in [5.41, 5.74) is 2.17. The van der Waals surface area contributed by atoms with Crippen molar-refractivity contribution in [2.75, 3.05) is 37.6 Å². The summed E-state index contributed by atoms with van der Waals surface area (Å²) in [6.07, 6.45) is 2.00. The lowest BCUT2D eigenvalue weighted by Gasteiger charge is -2.41. The minimum atomic E-state index is -0.202. The van der Waals surface area contributed by atoms with Gasteiger partial charge in [0.25, 0.3) is 0 Å². The number of hydrazine groups is 1. The van der Waals surface area contributed by atoms with E-state index in [1.165, 1.54) is 5.69 Å². The largest absolute Gasteiger partial charge is 0.508 e. The number of hydrogen-bond acceptors (Lipinski definition) is 6. The lowest BCUT2D eigenvalue weighted by atomic mass is 10.0. The van der Waals surface area contributed by atoms with E-state index in [0.717, 1.165) is 44.6 Å². The molecule has 29 heavy (non-hydrogen) atoms. The Morgan fingerprint density at radius 2 is 1.83 bits per heavy atom. The Morgan fingerprint density at radius 3 is 2.45 bits per heavy atom. The number of piperazine rings is 1. The van der Waals surface area contributed by atoms with Gasteiger partial charge in [0.1, 0.15) is 5.75 Å². The van der Waals surface area contributed by atoms with E-state index in [4.69, 9.17) is 11.7 Å². The number of rotatable bonds is 7. The topological polar surface area (TPSA) is 94.3 Å². The molecule has 0 bridgehead atoms. The molecule has 2 aromatic carbocycles. The molecule has 1 heterocycles. The minimum Gasteiger partial charge on any atom is -0.508 e. The maximum Gasteiger partial charge on any atom is 0.160 e. The number of phenols is 1. The summed E-state index contributed by atoms with van der Waals surface area (Å²) in [5.74, 6) is 13.0. The average molecular weight is 397 g/mol. The van der Waals surface area contributed by atoms with Crippen molar-refractivity contribution in [1.29, 1.82) is 0 Å². The molecule has 156 valence electrons. The summed E-state index contributed by atoms with van der Waals surface area (Å²) in [6, 6.07) is 17.5. The Balaban J connectivity index is 1.82. The Bertz CT molecular complexity index is 789. The molecule has 0 spiro atoms. The van der Waals surface area contributed by atoms with Crippen molar-refractivity contribution >= 4 is 11.5 Å². The summed E-state index contributed by atoms with van der Waals surface area (Å²) in [6.45, 7) is 6.30. The molecule has 1 saturated heterocycles. The van der Waals surface area contributed by atoms with Crippen LogP contribution in [0.25, 0.3) is 0 Å². The molecule has 1 aliphatic heterocycles. The third-order valence-corrected chi connectivity index (χ3v) is 5.41. The maximum absolute atomic E-state index is 10.0. The molecule has 0 amide bonds. The zero-order valence-corrected chi connectivity index (χ0v) is 17.1. The molecule has 1 fully saturated rings. The van der Waals surface area contributed by atoms with Gasteiger partial charge in [-0.3, -0.25) is 9.91 Å². The number of unbranched alkanes of at least 4 members (excludes halogenated alkanes) is 1. The van der Waals surface area contributed by atoms with Gasteiger partial charge in [-0.25, -0.2) is 5.84 Å². The number of nitrogens with two attached hydrogens (primary N) is 2. The summed E-state index contributed by atoms with van der Waals surface area (Å²) in [4.78, 5) is 4.72. The van der Waals surface area contributed by atoms with Gasteiger partial charge in [-0.1, -0.05) is 43.7 Å². The molecular weight excluding hydrogens is 364 g/mol. The fourth-order valence-corrected chi connectivity index (χ4v) is 3.84. The number of hydrogen-bond donors (Lipinski definition) is 3. The van der Waals surface area contributed by atoms with Crippen LogP contribution in [0.1, 0.15) is 31.4 Å². The van der Waals surface area contributed by atoms with Gasteiger partial charge in [0.15, 0.2) is 5.84 Å². The Hall–Kier alpha value is -2.77. The van der Waals surface area contributed by atoms with Crippen molar-refractivity contribution in [2.45, 2.75) is 25.8 Å². The van der Waals surface area contributed by atoms with E-state index >= 15 is 0 Å². The van der Waals surface area contributed by atoms with Crippen molar-refractivity contribution in [1.82, 2.24) is 9.91 Å². The van der Waals surface area contributed by atoms with E-state index in [1.54, 1.807) is 17.1 Å². The fraction of sp³-hybridized carbons (Fsp3) is 0.409. The summed E-state index contributed by atoms with van der Waals surface area (Å²) >= 11 is 0. The number of phenolic OH excluding ortho intramolecular Hbond substituents is 1. The summed E-state index contributed by atoms with van der Waals surface area (Å²) < 4.78 is 0. The predicted molar refractivity (Wildman–Crippen MR) is 118 cm³/mol. The van der Waals surface area contributed by atoms with Crippen molar-refractivity contribution in [3.8, 4) is 5.75 Å². The molecular formula is C22H32N6O. The van der Waals surface area contributed by atoms with E-state index in [-0.39, 0.29) is 11.8 Å². The molecule has 0 aliphatic carbocycles. The highest BCUT2D eigenvalue weighted by molar-refractivity contribution is 5.88. The van der Waals surface area contributed by atoms with Crippen molar-refractivity contribution in [3.63, 3.8) is 0 Å². The molecule has 0 radical (unpaired) electrons. The molecule has 0 aromatic heterocycles. The van der Waals surface area contributed by atoms with Crippen LogP contribution in [-0.2, 0) is 0 Å². The van der Waals surface area contributed by atoms with Gasteiger partial charge in [0, 0.05) is 38.4 Å². The van der Waals surface area contributed by atoms with Gasteiger partial charge in [-0.05, 0) is 36.2 Å². The lowest BCUT2D eigenvalue weighted by Crippen LogP contribution is -2.53. The van der Waals surface area contributed by atoms with Crippen LogP contribution in [0.2, 0.25) is 0 Å². The fourth-order valence-electron chi connectivity index (χ4n) is 3.84. The normalized spacial score (nSPS) is 16.6. The Labute approximate surface area is 173 Å². The molecule has 5 N–H and O–H groups in total. The first-order valence-electron chi connectivity index (χ1n) is 10.3. The van der Waals surface area contributed by atoms with Crippen LogP contribution in [0, 0.1) is 0 Å². The van der Waals surface area contributed by atoms with Crippen LogP contribution in [-0.4, -0.2) is 53.6 Å². The smallest absolute Gasteiger partial charge is 0.160 e. The molecule has 1 unspecified atom stereocenters. The van der Waals surface area contributed by atoms with E-state index in [9.17, 15) is 5.11 Å². The highest BCUT2D eigenvalue weighted by Gasteiger charge is 2.31. The number of benzene rings is 2. The van der Waals surface area contributed by atoms with Crippen molar-refractivity contribution in [3.05, 3.63) is 60.2 Å².